The largest absolute Gasteiger partial charge is 0.490 e. The quantitative estimate of drug-likeness (QED) is 0.675. The molecule has 1 aliphatic heterocycles. The van der Waals surface area contributed by atoms with Crippen molar-refractivity contribution in [1.29, 1.82) is 0 Å². The number of piperidine rings is 1. The van der Waals surface area contributed by atoms with Crippen molar-refractivity contribution in [3.05, 3.63) is 29.8 Å². The predicted molar refractivity (Wildman–Crippen MR) is 97.2 cm³/mol. The SMILES string of the molecule is CC(=O)c1ccccc1OC[C@H](O)C[NH+]1C(C)(C)CC(O)CC1(C)C. The molecule has 0 saturated carbocycles. The van der Waals surface area contributed by atoms with Crippen LogP contribution < -0.4 is 9.64 Å². The van der Waals surface area contributed by atoms with Crippen molar-refractivity contribution < 1.29 is 24.6 Å². The maximum Gasteiger partial charge on any atom is 0.163 e. The Morgan fingerprint density at radius 1 is 1.24 bits per heavy atom. The fraction of sp³-hybridized carbons (Fsp3) is 0.650. The van der Waals surface area contributed by atoms with E-state index in [1.54, 1.807) is 18.2 Å². The fourth-order valence-corrected chi connectivity index (χ4v) is 4.33. The molecule has 5 heteroatoms. The Hall–Kier alpha value is -1.43. The maximum atomic E-state index is 11.7. The lowest BCUT2D eigenvalue weighted by Gasteiger charge is -2.51. The Kier molecular flexibility index (Phi) is 5.92. The number of quaternary nitrogens is 1. The number of hydrogen-bond acceptors (Lipinski definition) is 4. The second-order valence-electron chi connectivity index (χ2n) is 8.53. The zero-order chi connectivity index (χ0) is 18.8. The minimum Gasteiger partial charge on any atom is -0.490 e. The van der Waals surface area contributed by atoms with Crippen LogP contribution in [0.1, 0.15) is 57.8 Å². The van der Waals surface area contributed by atoms with E-state index in [1.807, 2.05) is 6.07 Å². The Balaban J connectivity index is 2.02. The first-order valence-corrected chi connectivity index (χ1v) is 8.98. The van der Waals surface area contributed by atoms with Crippen molar-refractivity contribution in [3.8, 4) is 5.75 Å². The summed E-state index contributed by atoms with van der Waals surface area (Å²) in [7, 11) is 0. The van der Waals surface area contributed by atoms with Crippen molar-refractivity contribution >= 4 is 5.78 Å². The highest BCUT2D eigenvalue weighted by Crippen LogP contribution is 2.24. The van der Waals surface area contributed by atoms with Gasteiger partial charge in [-0.15, -0.1) is 0 Å². The second kappa shape index (κ2) is 7.44. The molecule has 5 nitrogen and oxygen atoms in total. The van der Waals surface area contributed by atoms with Crippen molar-refractivity contribution in [2.75, 3.05) is 13.2 Å². The van der Waals surface area contributed by atoms with E-state index in [-0.39, 0.29) is 29.6 Å². The number of rotatable bonds is 6. The van der Waals surface area contributed by atoms with E-state index < -0.39 is 6.10 Å². The topological polar surface area (TPSA) is 71.2 Å². The Morgan fingerprint density at radius 3 is 2.36 bits per heavy atom. The van der Waals surface area contributed by atoms with Gasteiger partial charge in [-0.2, -0.15) is 0 Å². The molecule has 1 heterocycles. The van der Waals surface area contributed by atoms with Crippen molar-refractivity contribution in [2.24, 2.45) is 0 Å². The summed E-state index contributed by atoms with van der Waals surface area (Å²) in [6.45, 7) is 10.7. The lowest BCUT2D eigenvalue weighted by Crippen LogP contribution is -3.27. The number of ether oxygens (including phenoxy) is 1. The highest BCUT2D eigenvalue weighted by atomic mass is 16.5. The summed E-state index contributed by atoms with van der Waals surface area (Å²) in [5, 5.41) is 20.7. The zero-order valence-corrected chi connectivity index (χ0v) is 16.0. The first kappa shape index (κ1) is 19.9. The molecule has 0 bridgehead atoms. The lowest BCUT2D eigenvalue weighted by molar-refractivity contribution is -1.00. The molecule has 1 aromatic rings. The Morgan fingerprint density at radius 2 is 1.80 bits per heavy atom. The van der Waals surface area contributed by atoms with Gasteiger partial charge in [-0.25, -0.2) is 0 Å². The average molecular weight is 350 g/mol. The number of aliphatic hydroxyl groups is 2. The molecule has 1 aromatic carbocycles. The molecule has 0 unspecified atom stereocenters. The summed E-state index contributed by atoms with van der Waals surface area (Å²) in [6.07, 6.45) is 0.479. The first-order valence-electron chi connectivity index (χ1n) is 8.98. The van der Waals surface area contributed by atoms with Gasteiger partial charge in [0.25, 0.3) is 0 Å². The summed E-state index contributed by atoms with van der Waals surface area (Å²) in [5.74, 6) is 0.458. The van der Waals surface area contributed by atoms with Crippen LogP contribution in [0.15, 0.2) is 24.3 Å². The highest BCUT2D eigenvalue weighted by Gasteiger charge is 2.49. The van der Waals surface area contributed by atoms with Gasteiger partial charge in [0.2, 0.25) is 0 Å². The molecular formula is C20H32NO4+. The predicted octanol–water partition coefficient (Wildman–Crippen LogP) is 1.23. The molecule has 1 aliphatic rings. The summed E-state index contributed by atoms with van der Waals surface area (Å²) in [4.78, 5) is 12.9. The molecule has 25 heavy (non-hydrogen) atoms. The van der Waals surface area contributed by atoms with Crippen LogP contribution in [-0.2, 0) is 0 Å². The second-order valence-corrected chi connectivity index (χ2v) is 8.53. The van der Waals surface area contributed by atoms with Crippen LogP contribution >= 0.6 is 0 Å². The molecule has 0 amide bonds. The molecule has 0 aliphatic carbocycles. The summed E-state index contributed by atoms with van der Waals surface area (Å²) >= 11 is 0. The van der Waals surface area contributed by atoms with Gasteiger partial charge >= 0.3 is 0 Å². The molecule has 140 valence electrons. The highest BCUT2D eigenvalue weighted by molar-refractivity contribution is 5.96. The normalized spacial score (nSPS) is 26.0. The van der Waals surface area contributed by atoms with E-state index in [0.29, 0.717) is 30.7 Å². The molecule has 1 fully saturated rings. The maximum absolute atomic E-state index is 11.7. The molecule has 3 N–H and O–H groups in total. The number of hydrogen-bond donors (Lipinski definition) is 3. The van der Waals surface area contributed by atoms with E-state index in [9.17, 15) is 15.0 Å². The third-order valence-corrected chi connectivity index (χ3v) is 5.26. The number of carbonyl (C=O) groups excluding carboxylic acids is 1. The molecule has 0 spiro atoms. The zero-order valence-electron chi connectivity index (χ0n) is 16.0. The van der Waals surface area contributed by atoms with Gasteiger partial charge in [-0.05, 0) is 46.8 Å². The van der Waals surface area contributed by atoms with Crippen LogP contribution in [0.25, 0.3) is 0 Å². The number of aliphatic hydroxyl groups excluding tert-OH is 2. The van der Waals surface area contributed by atoms with Crippen LogP contribution in [0.5, 0.6) is 5.75 Å². The third kappa shape index (κ3) is 4.81. The van der Waals surface area contributed by atoms with Crippen LogP contribution in [0.2, 0.25) is 0 Å². The number of likely N-dealkylation sites (tertiary alicyclic amines) is 1. The van der Waals surface area contributed by atoms with Gasteiger partial charge in [-0.1, -0.05) is 12.1 Å². The molecule has 1 atom stereocenters. The summed E-state index contributed by atoms with van der Waals surface area (Å²) in [6, 6.07) is 7.10. The van der Waals surface area contributed by atoms with Crippen LogP contribution in [0, 0.1) is 0 Å². The van der Waals surface area contributed by atoms with Gasteiger partial charge in [0.1, 0.15) is 25.0 Å². The van der Waals surface area contributed by atoms with Crippen molar-refractivity contribution in [3.63, 3.8) is 0 Å². The van der Waals surface area contributed by atoms with Crippen LogP contribution in [0.3, 0.4) is 0 Å². The van der Waals surface area contributed by atoms with Gasteiger partial charge in [0.05, 0.1) is 22.7 Å². The van der Waals surface area contributed by atoms with Crippen molar-refractivity contribution in [2.45, 2.75) is 70.7 Å². The Labute approximate surface area is 150 Å². The third-order valence-electron chi connectivity index (χ3n) is 5.26. The smallest absolute Gasteiger partial charge is 0.163 e. The van der Waals surface area contributed by atoms with Crippen LogP contribution in [0.4, 0.5) is 0 Å². The number of nitrogens with one attached hydrogen (secondary N) is 1. The molecule has 0 radical (unpaired) electrons. The number of carbonyl (C=O) groups is 1. The van der Waals surface area contributed by atoms with Gasteiger partial charge in [0, 0.05) is 12.8 Å². The Bertz CT molecular complexity index is 593. The minimum atomic E-state index is -0.649. The van der Waals surface area contributed by atoms with Gasteiger partial charge in [-0.3, -0.25) is 4.79 Å². The summed E-state index contributed by atoms with van der Waals surface area (Å²) < 4.78 is 5.73. The molecule has 0 aromatic heterocycles. The molecule has 1 saturated heterocycles. The van der Waals surface area contributed by atoms with Crippen molar-refractivity contribution in [1.82, 2.24) is 0 Å². The van der Waals surface area contributed by atoms with Gasteiger partial charge in [0.15, 0.2) is 5.78 Å². The van der Waals surface area contributed by atoms with E-state index in [0.717, 1.165) is 0 Å². The van der Waals surface area contributed by atoms with E-state index in [2.05, 4.69) is 27.7 Å². The number of benzene rings is 1. The molecular weight excluding hydrogens is 318 g/mol. The number of para-hydroxylation sites is 1. The lowest BCUT2D eigenvalue weighted by atomic mass is 9.78. The molecule has 2 rings (SSSR count). The average Bonchev–Trinajstić information content (AvgIpc) is 2.48. The fourth-order valence-electron chi connectivity index (χ4n) is 4.33. The minimum absolute atomic E-state index is 0.0528. The van der Waals surface area contributed by atoms with E-state index >= 15 is 0 Å². The van der Waals surface area contributed by atoms with E-state index in [1.165, 1.54) is 11.8 Å². The number of Topliss-reactive ketones (excluding diaryl/α,β-unsaturated/α-hetero) is 1. The first-order chi connectivity index (χ1) is 11.5. The standard InChI is InChI=1S/C20H31NO4/c1-14(22)17-8-6-7-9-18(17)25-13-16(24)12-21-19(2,3)10-15(23)11-20(21,4)5/h6-9,15-16,23-24H,10-13H2,1-5H3/p+1/t16-/m1/s1. The number of ketones is 1. The van der Waals surface area contributed by atoms with Gasteiger partial charge < -0.3 is 19.8 Å². The monoisotopic (exact) mass is 350 g/mol. The van der Waals surface area contributed by atoms with E-state index in [4.69, 9.17) is 4.74 Å². The van der Waals surface area contributed by atoms with Crippen LogP contribution in [-0.4, -0.2) is 52.4 Å². The summed E-state index contributed by atoms with van der Waals surface area (Å²) in [5.41, 5.74) is 0.280.